The Balaban J connectivity index is 1.23. The fourth-order valence-electron chi connectivity index (χ4n) is 3.93. The maximum absolute atomic E-state index is 12.9. The summed E-state index contributed by atoms with van der Waals surface area (Å²) >= 11 is 5.91. The second-order valence-electron chi connectivity index (χ2n) is 8.11. The molecule has 1 aliphatic rings. The number of hydrogen-bond acceptors (Lipinski definition) is 7. The molecule has 35 heavy (non-hydrogen) atoms. The molecule has 0 radical (unpaired) electrons. The molecule has 3 aromatic rings. The van der Waals surface area contributed by atoms with Crippen LogP contribution in [-0.2, 0) is 11.2 Å². The number of carbonyl (C=O) groups excluding carboxylic acids is 2. The predicted molar refractivity (Wildman–Crippen MR) is 130 cm³/mol. The van der Waals surface area contributed by atoms with Crippen LogP contribution in [0.25, 0.3) is 11.4 Å². The molecule has 1 fully saturated rings. The number of rotatable bonds is 8. The van der Waals surface area contributed by atoms with Gasteiger partial charge in [0.15, 0.2) is 11.5 Å². The molecule has 9 nitrogen and oxygen atoms in total. The molecule has 0 N–H and O–H groups in total. The van der Waals surface area contributed by atoms with E-state index < -0.39 is 0 Å². The minimum atomic E-state index is -0.0917. The van der Waals surface area contributed by atoms with Crippen LogP contribution in [-0.4, -0.2) is 72.2 Å². The van der Waals surface area contributed by atoms with Crippen LogP contribution in [0.2, 0.25) is 5.02 Å². The number of amides is 2. The third kappa shape index (κ3) is 5.92. The summed E-state index contributed by atoms with van der Waals surface area (Å²) in [4.78, 5) is 33.5. The van der Waals surface area contributed by atoms with Crippen LogP contribution in [0.1, 0.15) is 29.1 Å². The van der Waals surface area contributed by atoms with Crippen LogP contribution in [0.5, 0.6) is 11.5 Å². The van der Waals surface area contributed by atoms with Crippen molar-refractivity contribution in [3.8, 4) is 22.9 Å². The van der Waals surface area contributed by atoms with Gasteiger partial charge in [-0.2, -0.15) is 4.98 Å². The Labute approximate surface area is 208 Å². The summed E-state index contributed by atoms with van der Waals surface area (Å²) in [5.74, 6) is 2.04. The van der Waals surface area contributed by atoms with Gasteiger partial charge < -0.3 is 23.8 Å². The maximum atomic E-state index is 12.9. The van der Waals surface area contributed by atoms with E-state index in [2.05, 4.69) is 10.1 Å². The highest BCUT2D eigenvalue weighted by Gasteiger charge is 2.25. The highest BCUT2D eigenvalue weighted by atomic mass is 35.5. The molecule has 1 aliphatic heterocycles. The van der Waals surface area contributed by atoms with E-state index in [1.165, 1.54) is 7.11 Å². The summed E-state index contributed by atoms with van der Waals surface area (Å²) in [7, 11) is 3.09. The molecule has 10 heteroatoms. The average molecular weight is 499 g/mol. The first-order chi connectivity index (χ1) is 17.0. The van der Waals surface area contributed by atoms with Gasteiger partial charge in [-0.3, -0.25) is 9.59 Å². The molecule has 2 heterocycles. The van der Waals surface area contributed by atoms with Gasteiger partial charge in [0.1, 0.15) is 0 Å². The van der Waals surface area contributed by atoms with Gasteiger partial charge in [-0.1, -0.05) is 16.8 Å². The summed E-state index contributed by atoms with van der Waals surface area (Å²) in [6, 6.07) is 12.3. The van der Waals surface area contributed by atoms with Crippen LogP contribution >= 0.6 is 11.6 Å². The molecule has 2 aromatic carbocycles. The van der Waals surface area contributed by atoms with Gasteiger partial charge in [0.25, 0.3) is 5.91 Å². The first-order valence-electron chi connectivity index (χ1n) is 11.4. The van der Waals surface area contributed by atoms with Crippen molar-refractivity contribution in [1.82, 2.24) is 19.9 Å². The average Bonchev–Trinajstić information content (AvgIpc) is 3.37. The SMILES string of the molecule is COc1ccc(C(=O)N2CCN(C(=O)CCCc3nc(-c4ccc(Cl)cc4)no3)CC2)cc1OC. The lowest BCUT2D eigenvalue weighted by atomic mass is 10.1. The molecular weight excluding hydrogens is 472 g/mol. The van der Waals surface area contributed by atoms with Gasteiger partial charge in [0.05, 0.1) is 14.2 Å². The first-order valence-corrected chi connectivity index (χ1v) is 11.7. The third-order valence-corrected chi connectivity index (χ3v) is 6.15. The second-order valence-corrected chi connectivity index (χ2v) is 8.55. The zero-order chi connectivity index (χ0) is 24.8. The molecule has 1 aromatic heterocycles. The van der Waals surface area contributed by atoms with Gasteiger partial charge in [0.2, 0.25) is 17.6 Å². The lowest BCUT2D eigenvalue weighted by molar-refractivity contribution is -0.132. The summed E-state index contributed by atoms with van der Waals surface area (Å²) < 4.78 is 15.8. The first kappa shape index (κ1) is 24.5. The van der Waals surface area contributed by atoms with Gasteiger partial charge in [-0.25, -0.2) is 0 Å². The molecule has 4 rings (SSSR count). The van der Waals surface area contributed by atoms with Crippen molar-refractivity contribution in [3.05, 3.63) is 58.9 Å². The lowest BCUT2D eigenvalue weighted by Crippen LogP contribution is -2.50. The Bertz CT molecular complexity index is 1170. The van der Waals surface area contributed by atoms with Crippen molar-refractivity contribution in [2.24, 2.45) is 0 Å². The monoisotopic (exact) mass is 498 g/mol. The number of carbonyl (C=O) groups is 2. The number of ether oxygens (including phenoxy) is 2. The molecule has 0 saturated carbocycles. The van der Waals surface area contributed by atoms with Crippen molar-refractivity contribution in [1.29, 1.82) is 0 Å². The zero-order valence-electron chi connectivity index (χ0n) is 19.7. The largest absolute Gasteiger partial charge is 0.493 e. The van der Waals surface area contributed by atoms with E-state index in [-0.39, 0.29) is 11.8 Å². The number of halogens is 1. The molecule has 0 aliphatic carbocycles. The Morgan fingerprint density at radius 2 is 1.66 bits per heavy atom. The van der Waals surface area contributed by atoms with E-state index in [1.807, 2.05) is 12.1 Å². The molecule has 2 amide bonds. The number of methoxy groups -OCH3 is 2. The minimum absolute atomic E-state index is 0.0562. The topological polar surface area (TPSA) is 98.0 Å². The van der Waals surface area contributed by atoms with Crippen LogP contribution < -0.4 is 9.47 Å². The Morgan fingerprint density at radius 1 is 0.971 bits per heavy atom. The van der Waals surface area contributed by atoms with Gasteiger partial charge in [-0.05, 0) is 48.9 Å². The lowest BCUT2D eigenvalue weighted by Gasteiger charge is -2.35. The maximum Gasteiger partial charge on any atom is 0.254 e. The van der Waals surface area contributed by atoms with Crippen LogP contribution in [0, 0.1) is 0 Å². The normalized spacial score (nSPS) is 13.6. The number of hydrogen-bond donors (Lipinski definition) is 0. The molecular formula is C25H27ClN4O5. The molecule has 0 unspecified atom stereocenters. The second kappa shape index (κ2) is 11.2. The number of piperazine rings is 1. The van der Waals surface area contributed by atoms with Crippen LogP contribution in [0.15, 0.2) is 47.0 Å². The summed E-state index contributed by atoms with van der Waals surface area (Å²) in [5, 5.41) is 4.64. The number of nitrogens with zero attached hydrogens (tertiary/aromatic N) is 4. The predicted octanol–water partition coefficient (Wildman–Crippen LogP) is 3.71. The molecule has 1 saturated heterocycles. The summed E-state index contributed by atoms with van der Waals surface area (Å²) in [5.41, 5.74) is 1.35. The molecule has 0 atom stereocenters. The van der Waals surface area contributed by atoms with E-state index in [0.29, 0.717) is 79.2 Å². The van der Waals surface area contributed by atoms with Gasteiger partial charge in [0, 0.05) is 55.2 Å². The molecule has 0 spiro atoms. The van der Waals surface area contributed by atoms with E-state index >= 15 is 0 Å². The minimum Gasteiger partial charge on any atom is -0.493 e. The van der Waals surface area contributed by atoms with E-state index in [0.717, 1.165) is 5.56 Å². The summed E-state index contributed by atoms with van der Waals surface area (Å²) in [6.45, 7) is 1.96. The quantitative estimate of drug-likeness (QED) is 0.467. The van der Waals surface area contributed by atoms with Crippen molar-refractivity contribution < 1.29 is 23.6 Å². The number of benzene rings is 2. The van der Waals surface area contributed by atoms with E-state index in [4.69, 9.17) is 25.6 Å². The standard InChI is InChI=1S/C25H27ClN4O5/c1-33-20-11-8-18(16-21(20)34-2)25(32)30-14-12-29(13-15-30)23(31)5-3-4-22-27-24(28-35-22)17-6-9-19(26)10-7-17/h6-11,16H,3-5,12-15H2,1-2H3. The van der Waals surface area contributed by atoms with Crippen LogP contribution in [0.3, 0.4) is 0 Å². The fourth-order valence-corrected chi connectivity index (χ4v) is 4.06. The van der Waals surface area contributed by atoms with Gasteiger partial charge in [-0.15, -0.1) is 0 Å². The Kier molecular flexibility index (Phi) is 7.87. The fraction of sp³-hybridized carbons (Fsp3) is 0.360. The third-order valence-electron chi connectivity index (χ3n) is 5.90. The van der Waals surface area contributed by atoms with Crippen molar-refractivity contribution in [2.75, 3.05) is 40.4 Å². The van der Waals surface area contributed by atoms with Crippen molar-refractivity contribution in [3.63, 3.8) is 0 Å². The molecule has 184 valence electrons. The Morgan fingerprint density at radius 3 is 2.34 bits per heavy atom. The van der Waals surface area contributed by atoms with Gasteiger partial charge >= 0.3 is 0 Å². The zero-order valence-corrected chi connectivity index (χ0v) is 20.5. The van der Waals surface area contributed by atoms with E-state index in [1.54, 1.807) is 47.2 Å². The van der Waals surface area contributed by atoms with Crippen molar-refractivity contribution >= 4 is 23.4 Å². The number of aryl methyl sites for hydroxylation is 1. The molecule has 0 bridgehead atoms. The Hall–Kier alpha value is -3.59. The highest BCUT2D eigenvalue weighted by Crippen LogP contribution is 2.28. The van der Waals surface area contributed by atoms with Crippen molar-refractivity contribution in [2.45, 2.75) is 19.3 Å². The summed E-state index contributed by atoms with van der Waals surface area (Å²) in [6.07, 6.45) is 1.50. The number of aromatic nitrogens is 2. The van der Waals surface area contributed by atoms with E-state index in [9.17, 15) is 9.59 Å². The smallest absolute Gasteiger partial charge is 0.254 e. The van der Waals surface area contributed by atoms with Crippen LogP contribution in [0.4, 0.5) is 0 Å². The highest BCUT2D eigenvalue weighted by molar-refractivity contribution is 6.30.